The van der Waals surface area contributed by atoms with Crippen LogP contribution >= 0.6 is 0 Å². The molecule has 1 heterocycles. The molecule has 0 bridgehead atoms. The van der Waals surface area contributed by atoms with Crippen molar-refractivity contribution in [3.8, 4) is 0 Å². The van der Waals surface area contributed by atoms with Gasteiger partial charge in [0.05, 0.1) is 13.2 Å². The second-order valence-corrected chi connectivity index (χ2v) is 3.62. The summed E-state index contributed by atoms with van der Waals surface area (Å²) in [5.74, 6) is -4.53. The Kier molecular flexibility index (Phi) is 5.12. The quantitative estimate of drug-likeness (QED) is 0.791. The molecule has 0 spiro atoms. The number of rotatable bonds is 4. The predicted molar refractivity (Wildman–Crippen MR) is 61.9 cm³/mol. The molecule has 0 radical (unpaired) electrons. The Morgan fingerprint density at radius 1 is 1.14 bits per heavy atom. The largest absolute Gasteiger partial charge is 0.462 e. The molecule has 116 valence electrons. The summed E-state index contributed by atoms with van der Waals surface area (Å²) in [5.41, 5.74) is -3.65. The molecule has 6 nitrogen and oxygen atoms in total. The molecular formula is C12H11F3O6. The fourth-order valence-corrected chi connectivity index (χ4v) is 1.41. The van der Waals surface area contributed by atoms with Gasteiger partial charge in [-0.25, -0.2) is 9.59 Å². The monoisotopic (exact) mass is 308 g/mol. The third-order valence-corrected chi connectivity index (χ3v) is 2.23. The lowest BCUT2D eigenvalue weighted by Gasteiger charge is -2.11. The van der Waals surface area contributed by atoms with Crippen molar-refractivity contribution in [3.05, 3.63) is 33.4 Å². The van der Waals surface area contributed by atoms with Gasteiger partial charge in [0.15, 0.2) is 5.56 Å². The SMILES string of the molecule is CCOC(=O)c1coc(C(F)(F)F)c(C(=O)OCC)c1=O. The summed E-state index contributed by atoms with van der Waals surface area (Å²) >= 11 is 0. The van der Waals surface area contributed by atoms with Crippen LogP contribution in [0.3, 0.4) is 0 Å². The maximum atomic E-state index is 12.8. The first-order valence-corrected chi connectivity index (χ1v) is 5.81. The Hall–Kier alpha value is -2.32. The van der Waals surface area contributed by atoms with E-state index in [1.54, 1.807) is 0 Å². The van der Waals surface area contributed by atoms with Crippen molar-refractivity contribution >= 4 is 11.9 Å². The van der Waals surface area contributed by atoms with Crippen LogP contribution in [0.4, 0.5) is 13.2 Å². The molecular weight excluding hydrogens is 297 g/mol. The zero-order chi connectivity index (χ0) is 16.2. The van der Waals surface area contributed by atoms with E-state index in [1.807, 2.05) is 0 Å². The summed E-state index contributed by atoms with van der Waals surface area (Å²) in [5, 5.41) is 0. The molecule has 0 fully saturated rings. The molecule has 0 N–H and O–H groups in total. The highest BCUT2D eigenvalue weighted by atomic mass is 19.4. The highest BCUT2D eigenvalue weighted by molar-refractivity contribution is 5.95. The number of carbonyl (C=O) groups excluding carboxylic acids is 2. The van der Waals surface area contributed by atoms with E-state index in [-0.39, 0.29) is 13.2 Å². The van der Waals surface area contributed by atoms with Crippen molar-refractivity contribution in [3.63, 3.8) is 0 Å². The minimum atomic E-state index is -5.09. The minimum Gasteiger partial charge on any atom is -0.462 e. The average molecular weight is 308 g/mol. The van der Waals surface area contributed by atoms with E-state index in [4.69, 9.17) is 0 Å². The van der Waals surface area contributed by atoms with Gasteiger partial charge in [0.25, 0.3) is 0 Å². The van der Waals surface area contributed by atoms with Crippen molar-refractivity contribution in [1.29, 1.82) is 0 Å². The molecule has 21 heavy (non-hydrogen) atoms. The third-order valence-electron chi connectivity index (χ3n) is 2.23. The number of halogens is 3. The molecule has 0 amide bonds. The number of hydrogen-bond acceptors (Lipinski definition) is 6. The summed E-state index contributed by atoms with van der Waals surface area (Å²) in [7, 11) is 0. The van der Waals surface area contributed by atoms with Crippen LogP contribution in [-0.4, -0.2) is 25.2 Å². The van der Waals surface area contributed by atoms with Gasteiger partial charge in [0.1, 0.15) is 11.8 Å². The van der Waals surface area contributed by atoms with Gasteiger partial charge < -0.3 is 13.9 Å². The van der Waals surface area contributed by atoms with E-state index in [0.717, 1.165) is 0 Å². The first kappa shape index (κ1) is 16.7. The van der Waals surface area contributed by atoms with Gasteiger partial charge in [0, 0.05) is 0 Å². The topological polar surface area (TPSA) is 82.8 Å². The normalized spacial score (nSPS) is 11.1. The van der Waals surface area contributed by atoms with Gasteiger partial charge in [-0.3, -0.25) is 4.79 Å². The zero-order valence-electron chi connectivity index (χ0n) is 11.1. The molecule has 0 aliphatic heterocycles. The van der Waals surface area contributed by atoms with E-state index < -0.39 is 40.4 Å². The summed E-state index contributed by atoms with van der Waals surface area (Å²) in [6.07, 6.45) is -4.78. The summed E-state index contributed by atoms with van der Waals surface area (Å²) in [4.78, 5) is 34.9. The van der Waals surface area contributed by atoms with Crippen LogP contribution in [-0.2, 0) is 15.7 Å². The highest BCUT2D eigenvalue weighted by Gasteiger charge is 2.42. The fourth-order valence-electron chi connectivity index (χ4n) is 1.41. The Balaban J connectivity index is 3.53. The van der Waals surface area contributed by atoms with Gasteiger partial charge >= 0.3 is 18.1 Å². The fraction of sp³-hybridized carbons (Fsp3) is 0.417. The Labute approximate surface area is 116 Å². The summed E-state index contributed by atoms with van der Waals surface area (Å²) < 4.78 is 51.4. The van der Waals surface area contributed by atoms with Crippen molar-refractivity contribution < 1.29 is 36.7 Å². The second kappa shape index (κ2) is 6.42. The van der Waals surface area contributed by atoms with Gasteiger partial charge in [-0.1, -0.05) is 0 Å². The van der Waals surface area contributed by atoms with Gasteiger partial charge in [-0.15, -0.1) is 0 Å². The lowest BCUT2D eigenvalue weighted by Crippen LogP contribution is -2.28. The average Bonchev–Trinajstić information content (AvgIpc) is 2.37. The number of alkyl halides is 3. The summed E-state index contributed by atoms with van der Waals surface area (Å²) in [6.45, 7) is 2.44. The van der Waals surface area contributed by atoms with Gasteiger partial charge in [-0.05, 0) is 13.8 Å². The number of ether oxygens (including phenoxy) is 2. The maximum absolute atomic E-state index is 12.8. The number of esters is 2. The Morgan fingerprint density at radius 3 is 2.14 bits per heavy atom. The van der Waals surface area contributed by atoms with Crippen LogP contribution in [0.2, 0.25) is 0 Å². The molecule has 1 aromatic heterocycles. The van der Waals surface area contributed by atoms with Gasteiger partial charge in [0.2, 0.25) is 11.2 Å². The highest BCUT2D eigenvalue weighted by Crippen LogP contribution is 2.31. The maximum Gasteiger partial charge on any atom is 0.450 e. The van der Waals surface area contributed by atoms with Crippen LogP contribution in [0.15, 0.2) is 15.5 Å². The van der Waals surface area contributed by atoms with Crippen molar-refractivity contribution in [2.24, 2.45) is 0 Å². The first-order chi connectivity index (χ1) is 9.73. The van der Waals surface area contributed by atoms with E-state index in [9.17, 15) is 27.6 Å². The standard InChI is InChI=1S/C12H11F3O6/c1-3-19-10(17)6-5-21-9(12(13,14)15)7(8(6)16)11(18)20-4-2/h5H,3-4H2,1-2H3. The number of hydrogen-bond donors (Lipinski definition) is 0. The van der Waals surface area contributed by atoms with Gasteiger partial charge in [-0.2, -0.15) is 13.2 Å². The summed E-state index contributed by atoms with van der Waals surface area (Å²) in [6, 6.07) is 0. The molecule has 0 aliphatic rings. The number of carbonyl (C=O) groups is 2. The van der Waals surface area contributed by atoms with E-state index in [1.165, 1.54) is 13.8 Å². The molecule has 0 saturated carbocycles. The van der Waals surface area contributed by atoms with Crippen molar-refractivity contribution in [2.45, 2.75) is 20.0 Å². The molecule has 9 heteroatoms. The van der Waals surface area contributed by atoms with Crippen LogP contribution in [0.25, 0.3) is 0 Å². The molecule has 0 aromatic carbocycles. The smallest absolute Gasteiger partial charge is 0.450 e. The van der Waals surface area contributed by atoms with Crippen LogP contribution in [0, 0.1) is 0 Å². The van der Waals surface area contributed by atoms with Crippen LogP contribution < -0.4 is 5.43 Å². The zero-order valence-corrected chi connectivity index (χ0v) is 11.1. The lowest BCUT2D eigenvalue weighted by molar-refractivity contribution is -0.154. The molecule has 0 unspecified atom stereocenters. The molecule has 1 rings (SSSR count). The van der Waals surface area contributed by atoms with Crippen LogP contribution in [0.1, 0.15) is 40.3 Å². The Bertz CT molecular complexity index is 602. The van der Waals surface area contributed by atoms with Crippen molar-refractivity contribution in [2.75, 3.05) is 13.2 Å². The van der Waals surface area contributed by atoms with Crippen molar-refractivity contribution in [1.82, 2.24) is 0 Å². The predicted octanol–water partition coefficient (Wildman–Crippen LogP) is 2.01. The molecule has 0 atom stereocenters. The van der Waals surface area contributed by atoms with E-state index >= 15 is 0 Å². The second-order valence-electron chi connectivity index (χ2n) is 3.62. The third kappa shape index (κ3) is 3.61. The molecule has 1 aromatic rings. The minimum absolute atomic E-state index is 0.103. The first-order valence-electron chi connectivity index (χ1n) is 5.81. The Morgan fingerprint density at radius 2 is 1.67 bits per heavy atom. The molecule has 0 saturated heterocycles. The van der Waals surface area contributed by atoms with E-state index in [2.05, 4.69) is 13.9 Å². The van der Waals surface area contributed by atoms with E-state index in [0.29, 0.717) is 6.26 Å². The van der Waals surface area contributed by atoms with Crippen LogP contribution in [0.5, 0.6) is 0 Å². The molecule has 0 aliphatic carbocycles. The lowest BCUT2D eigenvalue weighted by atomic mass is 10.1.